The highest BCUT2D eigenvalue weighted by molar-refractivity contribution is 6.32. The second-order valence-corrected chi connectivity index (χ2v) is 9.79. The largest absolute Gasteiger partial charge is 0.573 e. The number of aromatic nitrogens is 3. The van der Waals surface area contributed by atoms with E-state index in [-0.39, 0.29) is 17.7 Å². The van der Waals surface area contributed by atoms with Crippen LogP contribution in [-0.4, -0.2) is 93.5 Å². The number of halogens is 4. The van der Waals surface area contributed by atoms with Crippen LogP contribution in [0, 0.1) is 0 Å². The second-order valence-electron chi connectivity index (χ2n) is 9.38. The van der Waals surface area contributed by atoms with Gasteiger partial charge in [-0.15, -0.1) is 18.3 Å². The molecule has 2 aromatic carbocycles. The Morgan fingerprint density at radius 2 is 1.69 bits per heavy atom. The van der Waals surface area contributed by atoms with Gasteiger partial charge in [0.1, 0.15) is 17.9 Å². The van der Waals surface area contributed by atoms with Gasteiger partial charge in [-0.05, 0) is 42.7 Å². The number of amides is 2. The summed E-state index contributed by atoms with van der Waals surface area (Å²) in [5.41, 5.74) is 1.80. The molecule has 14 heteroatoms. The average Bonchev–Trinajstić information content (AvgIpc) is 3.36. The summed E-state index contributed by atoms with van der Waals surface area (Å²) in [6, 6.07) is 11.2. The fraction of sp³-hybridized carbons (Fsp3) is 0.440. The number of benzene rings is 2. The summed E-state index contributed by atoms with van der Waals surface area (Å²) in [6.07, 6.45) is -3.80. The zero-order valence-electron chi connectivity index (χ0n) is 20.8. The van der Waals surface area contributed by atoms with Crippen LogP contribution in [-0.2, 0) is 11.3 Å². The smallest absolute Gasteiger partial charge is 0.445 e. The SMILES string of the molecule is O=C(OCc1ccc(OC(F)(F)F)c(Cl)c1)N1CCC(N2CCN(C(=O)n3nnc4ccccc43)CC2)CC1. The van der Waals surface area contributed by atoms with Gasteiger partial charge >= 0.3 is 18.5 Å². The van der Waals surface area contributed by atoms with Gasteiger partial charge in [0, 0.05) is 45.3 Å². The van der Waals surface area contributed by atoms with Crippen LogP contribution in [0.1, 0.15) is 18.4 Å². The average molecular weight is 567 g/mol. The third kappa shape index (κ3) is 6.36. The standard InChI is InChI=1S/C25H26ClF3N6O4/c26-19-15-17(5-6-22(19)39-25(27,28)29)16-38-24(37)34-9-7-18(8-10-34)32-11-13-33(14-12-32)23(36)35-21-4-2-1-3-20(21)30-31-35/h1-6,15,18H,7-14,16H2. The molecule has 0 radical (unpaired) electrons. The van der Waals surface area contributed by atoms with E-state index in [0.29, 0.717) is 48.8 Å². The lowest BCUT2D eigenvalue weighted by Crippen LogP contribution is -2.55. The molecule has 1 aromatic heterocycles. The molecular formula is C25H26ClF3N6O4. The number of alkyl halides is 3. The molecule has 0 atom stereocenters. The summed E-state index contributed by atoms with van der Waals surface area (Å²) < 4.78 is 47.7. The van der Waals surface area contributed by atoms with E-state index in [4.69, 9.17) is 16.3 Å². The zero-order chi connectivity index (χ0) is 27.6. The molecular weight excluding hydrogens is 541 g/mol. The number of hydrogen-bond acceptors (Lipinski definition) is 7. The third-order valence-electron chi connectivity index (χ3n) is 6.94. The lowest BCUT2D eigenvalue weighted by Gasteiger charge is -2.42. The van der Waals surface area contributed by atoms with Gasteiger partial charge in [-0.3, -0.25) is 4.90 Å². The van der Waals surface area contributed by atoms with Crippen molar-refractivity contribution in [1.29, 1.82) is 0 Å². The lowest BCUT2D eigenvalue weighted by molar-refractivity contribution is -0.274. The van der Waals surface area contributed by atoms with Gasteiger partial charge in [0.15, 0.2) is 0 Å². The van der Waals surface area contributed by atoms with Crippen molar-refractivity contribution in [3.63, 3.8) is 0 Å². The highest BCUT2D eigenvalue weighted by Gasteiger charge is 2.33. The number of ether oxygens (including phenoxy) is 2. The molecule has 5 rings (SSSR count). The lowest BCUT2D eigenvalue weighted by atomic mass is 10.0. The molecule has 2 saturated heterocycles. The number of fused-ring (bicyclic) bond motifs is 1. The van der Waals surface area contributed by atoms with Gasteiger partial charge in [-0.25, -0.2) is 9.59 Å². The van der Waals surface area contributed by atoms with Gasteiger partial charge in [0.25, 0.3) is 0 Å². The molecule has 0 unspecified atom stereocenters. The van der Waals surface area contributed by atoms with Crippen molar-refractivity contribution in [2.75, 3.05) is 39.3 Å². The van der Waals surface area contributed by atoms with Crippen LogP contribution in [0.25, 0.3) is 11.0 Å². The molecule has 0 bridgehead atoms. The highest BCUT2D eigenvalue weighted by atomic mass is 35.5. The van der Waals surface area contributed by atoms with E-state index in [9.17, 15) is 22.8 Å². The van der Waals surface area contributed by atoms with Gasteiger partial charge in [0.2, 0.25) is 0 Å². The highest BCUT2D eigenvalue weighted by Crippen LogP contribution is 2.31. The second kappa shape index (κ2) is 11.3. The van der Waals surface area contributed by atoms with E-state index >= 15 is 0 Å². The van der Waals surface area contributed by atoms with E-state index in [2.05, 4.69) is 19.9 Å². The topological polar surface area (TPSA) is 93.0 Å². The molecule has 2 fully saturated rings. The summed E-state index contributed by atoms with van der Waals surface area (Å²) in [6.45, 7) is 3.51. The molecule has 0 N–H and O–H groups in total. The van der Waals surface area contributed by atoms with E-state index in [1.54, 1.807) is 9.80 Å². The maximum Gasteiger partial charge on any atom is 0.573 e. The normalized spacial score (nSPS) is 17.4. The van der Waals surface area contributed by atoms with Crippen molar-refractivity contribution in [1.82, 2.24) is 29.7 Å². The Kier molecular flexibility index (Phi) is 7.80. The first kappa shape index (κ1) is 27.0. The Bertz CT molecular complexity index is 1340. The van der Waals surface area contributed by atoms with Crippen molar-refractivity contribution >= 4 is 34.8 Å². The maximum absolute atomic E-state index is 13.0. The molecule has 0 aliphatic carbocycles. The van der Waals surface area contributed by atoms with E-state index < -0.39 is 18.2 Å². The Labute approximate surface area is 226 Å². The van der Waals surface area contributed by atoms with Crippen LogP contribution < -0.4 is 4.74 Å². The summed E-state index contributed by atoms with van der Waals surface area (Å²) in [4.78, 5) is 31.3. The number of nitrogens with zero attached hydrogens (tertiary/aromatic N) is 6. The Morgan fingerprint density at radius 1 is 0.974 bits per heavy atom. The van der Waals surface area contributed by atoms with Crippen LogP contribution >= 0.6 is 11.6 Å². The third-order valence-corrected chi connectivity index (χ3v) is 7.24. The molecule has 208 valence electrons. The summed E-state index contributed by atoms with van der Waals surface area (Å²) in [7, 11) is 0. The minimum Gasteiger partial charge on any atom is -0.445 e. The number of carbonyl (C=O) groups is 2. The van der Waals surface area contributed by atoms with E-state index in [0.717, 1.165) is 32.0 Å². The quantitative estimate of drug-likeness (QED) is 0.463. The number of rotatable bonds is 4. The van der Waals surface area contributed by atoms with Gasteiger partial charge in [-0.1, -0.05) is 35.0 Å². The van der Waals surface area contributed by atoms with Gasteiger partial charge in [-0.2, -0.15) is 4.68 Å². The molecule has 3 heterocycles. The first-order valence-corrected chi connectivity index (χ1v) is 12.9. The van der Waals surface area contributed by atoms with Crippen LogP contribution in [0.2, 0.25) is 5.02 Å². The van der Waals surface area contributed by atoms with Crippen molar-refractivity contribution in [3.8, 4) is 5.75 Å². The van der Waals surface area contributed by atoms with E-state index in [1.807, 2.05) is 24.3 Å². The predicted octanol–water partition coefficient (Wildman–Crippen LogP) is 4.37. The minimum absolute atomic E-state index is 0.123. The van der Waals surface area contributed by atoms with Crippen LogP contribution in [0.3, 0.4) is 0 Å². The number of hydrogen-bond donors (Lipinski definition) is 0. The van der Waals surface area contributed by atoms with Gasteiger partial charge < -0.3 is 19.3 Å². The van der Waals surface area contributed by atoms with Crippen molar-refractivity contribution in [3.05, 3.63) is 53.1 Å². The molecule has 10 nitrogen and oxygen atoms in total. The zero-order valence-corrected chi connectivity index (χ0v) is 21.6. The van der Waals surface area contributed by atoms with Crippen LogP contribution in [0.4, 0.5) is 22.8 Å². The summed E-state index contributed by atoms with van der Waals surface area (Å²) in [5.74, 6) is -0.515. The number of para-hydroxylation sites is 1. The Morgan fingerprint density at radius 3 is 2.38 bits per heavy atom. The first-order chi connectivity index (χ1) is 18.7. The monoisotopic (exact) mass is 566 g/mol. The predicted molar refractivity (Wildman–Crippen MR) is 134 cm³/mol. The molecule has 2 aliphatic heterocycles. The van der Waals surface area contributed by atoms with Crippen molar-refractivity contribution in [2.24, 2.45) is 0 Å². The fourth-order valence-electron chi connectivity index (χ4n) is 4.91. The van der Waals surface area contributed by atoms with Crippen molar-refractivity contribution in [2.45, 2.75) is 31.9 Å². The fourth-order valence-corrected chi connectivity index (χ4v) is 5.16. The number of carbonyl (C=O) groups excluding carboxylic acids is 2. The Hall–Kier alpha value is -3.58. The molecule has 2 amide bonds. The molecule has 0 saturated carbocycles. The Balaban J connectivity index is 1.06. The van der Waals surface area contributed by atoms with Gasteiger partial charge in [0.05, 0.1) is 10.5 Å². The van der Waals surface area contributed by atoms with Crippen LogP contribution in [0.15, 0.2) is 42.5 Å². The molecule has 39 heavy (non-hydrogen) atoms. The number of piperidine rings is 1. The molecule has 0 spiro atoms. The summed E-state index contributed by atoms with van der Waals surface area (Å²) >= 11 is 5.86. The minimum atomic E-state index is -4.85. The number of piperazine rings is 1. The van der Waals surface area contributed by atoms with E-state index in [1.165, 1.54) is 16.8 Å². The maximum atomic E-state index is 13.0. The number of likely N-dealkylation sites (tertiary alicyclic amines) is 1. The van der Waals surface area contributed by atoms with Crippen LogP contribution in [0.5, 0.6) is 5.75 Å². The summed E-state index contributed by atoms with van der Waals surface area (Å²) in [5, 5.41) is 7.85. The molecule has 2 aliphatic rings. The molecule has 3 aromatic rings. The van der Waals surface area contributed by atoms with Crippen molar-refractivity contribution < 1.29 is 32.2 Å². The first-order valence-electron chi connectivity index (χ1n) is 12.5.